The van der Waals surface area contributed by atoms with Crippen molar-refractivity contribution in [3.63, 3.8) is 0 Å². The first-order valence-corrected chi connectivity index (χ1v) is 9.14. The Morgan fingerprint density at radius 2 is 1.81 bits per heavy atom. The molecule has 0 unspecified atom stereocenters. The zero-order chi connectivity index (χ0) is 18.9. The zero-order valence-electron chi connectivity index (χ0n) is 16.6. The van der Waals surface area contributed by atoms with Gasteiger partial charge in [-0.05, 0) is 35.4 Å². The van der Waals surface area contributed by atoms with E-state index in [1.165, 1.54) is 22.1 Å². The van der Waals surface area contributed by atoms with Gasteiger partial charge in [0, 0.05) is 17.5 Å². The van der Waals surface area contributed by atoms with Crippen LogP contribution in [0.3, 0.4) is 0 Å². The summed E-state index contributed by atoms with van der Waals surface area (Å²) in [6.45, 7) is 6.49. The Morgan fingerprint density at radius 3 is 2.62 bits per heavy atom. The summed E-state index contributed by atoms with van der Waals surface area (Å²) in [5.74, 6) is 1.85. The van der Waals surface area contributed by atoms with Crippen molar-refractivity contribution in [1.82, 2.24) is 0 Å². The fourth-order valence-corrected chi connectivity index (χ4v) is 4.20. The summed E-state index contributed by atoms with van der Waals surface area (Å²) in [4.78, 5) is 0. The van der Waals surface area contributed by atoms with Crippen LogP contribution in [-0.4, -0.2) is 0 Å². The van der Waals surface area contributed by atoms with Gasteiger partial charge in [-0.25, -0.2) is 0 Å². The Bertz CT molecular complexity index is 1260. The van der Waals surface area contributed by atoms with Crippen LogP contribution in [0, 0.1) is 6.92 Å². The maximum Gasteiger partial charge on any atom is 0.256 e. The molecule has 1 aliphatic rings. The number of aromatic nitrogens is 1. The Hall–Kier alpha value is -2.87. The van der Waals surface area contributed by atoms with Crippen LogP contribution in [0.5, 0.6) is 11.5 Å². The van der Waals surface area contributed by atoms with Crippen LogP contribution in [0.4, 0.5) is 0 Å². The highest BCUT2D eigenvalue weighted by Crippen LogP contribution is 2.47. The number of nitrogens with zero attached hydrogens (tertiary/aromatic N) is 1. The van der Waals surface area contributed by atoms with E-state index in [2.05, 4.69) is 68.8 Å². The van der Waals surface area contributed by atoms with Gasteiger partial charge in [0.25, 0.3) is 5.69 Å². The predicted molar refractivity (Wildman–Crippen MR) is 107 cm³/mol. The molecule has 0 spiro atoms. The lowest BCUT2D eigenvalue weighted by atomic mass is 9.92. The summed E-state index contributed by atoms with van der Waals surface area (Å²) in [5, 5.41) is 3.29. The molecular formula is C24H22NO+. The predicted octanol–water partition coefficient (Wildman–Crippen LogP) is 6.02. The number of hydrogen-bond acceptors (Lipinski definition) is 1. The number of aryl methyl sites for hydroxylation is 2. The minimum Gasteiger partial charge on any atom is -0.450 e. The van der Waals surface area contributed by atoms with E-state index >= 15 is 0 Å². The number of benzene rings is 3. The highest BCUT2D eigenvalue weighted by molar-refractivity contribution is 6.04. The average Bonchev–Trinajstić information content (AvgIpc) is 2.67. The number of rotatable bonds is 1. The molecule has 0 fully saturated rings. The van der Waals surface area contributed by atoms with Gasteiger partial charge in [0.1, 0.15) is 12.8 Å². The normalized spacial score (nSPS) is 13.0. The van der Waals surface area contributed by atoms with E-state index in [9.17, 15) is 0 Å². The molecule has 1 aliphatic heterocycles. The van der Waals surface area contributed by atoms with E-state index < -0.39 is 0 Å². The Balaban J connectivity index is 2.01. The lowest BCUT2D eigenvalue weighted by Gasteiger charge is -2.22. The average molecular weight is 341 g/mol. The fourth-order valence-electron chi connectivity index (χ4n) is 4.20. The molecule has 0 atom stereocenters. The lowest BCUT2D eigenvalue weighted by Crippen LogP contribution is -2.33. The molecular weight excluding hydrogens is 318 g/mol. The van der Waals surface area contributed by atoms with E-state index in [0.29, 0.717) is 17.7 Å². The molecule has 2 nitrogen and oxygen atoms in total. The van der Waals surface area contributed by atoms with E-state index in [1.807, 2.05) is 12.1 Å². The molecule has 4 aromatic rings. The van der Waals surface area contributed by atoms with Gasteiger partial charge in [0.05, 0.1) is 12.3 Å². The van der Waals surface area contributed by atoms with Gasteiger partial charge in [-0.3, -0.25) is 0 Å². The summed E-state index contributed by atoms with van der Waals surface area (Å²) in [5.41, 5.74) is 5.64. The number of pyridine rings is 1. The first kappa shape index (κ1) is 14.3. The second-order valence-corrected chi connectivity index (χ2v) is 7.47. The van der Waals surface area contributed by atoms with Gasteiger partial charge in [0.15, 0.2) is 5.75 Å². The van der Waals surface area contributed by atoms with Crippen molar-refractivity contribution in [2.45, 2.75) is 26.7 Å². The Morgan fingerprint density at radius 1 is 1.00 bits per heavy atom. The first-order chi connectivity index (χ1) is 13.0. The van der Waals surface area contributed by atoms with Crippen molar-refractivity contribution in [2.75, 3.05) is 0 Å². The monoisotopic (exact) mass is 341 g/mol. The van der Waals surface area contributed by atoms with Gasteiger partial charge < -0.3 is 4.74 Å². The van der Waals surface area contributed by atoms with Crippen LogP contribution >= 0.6 is 0 Å². The third-order valence-electron chi connectivity index (χ3n) is 5.51. The quantitative estimate of drug-likeness (QED) is 0.340. The van der Waals surface area contributed by atoms with Crippen molar-refractivity contribution >= 4 is 21.7 Å². The molecule has 0 saturated heterocycles. The third kappa shape index (κ3) is 1.96. The van der Waals surface area contributed by atoms with E-state index in [1.54, 1.807) is 0 Å². The van der Waals surface area contributed by atoms with E-state index in [0.717, 1.165) is 27.7 Å². The van der Waals surface area contributed by atoms with Gasteiger partial charge >= 0.3 is 0 Å². The third-order valence-corrected chi connectivity index (χ3v) is 5.51. The molecule has 0 bridgehead atoms. The largest absolute Gasteiger partial charge is 0.450 e. The second kappa shape index (κ2) is 5.31. The maximum atomic E-state index is 9.01. The molecule has 2 heteroatoms. The lowest BCUT2D eigenvalue weighted by molar-refractivity contribution is -0.633. The second-order valence-electron chi connectivity index (χ2n) is 7.47. The first-order valence-electron chi connectivity index (χ1n) is 9.64. The summed E-state index contributed by atoms with van der Waals surface area (Å²) in [7, 11) is 2.08. The number of ether oxygens (including phenoxy) is 1. The van der Waals surface area contributed by atoms with Crippen molar-refractivity contribution < 1.29 is 10.7 Å². The molecule has 3 aromatic carbocycles. The van der Waals surface area contributed by atoms with Gasteiger partial charge in [-0.15, -0.1) is 0 Å². The molecule has 5 rings (SSSR count). The fraction of sp³-hybridized carbons (Fsp3) is 0.208. The number of fused-ring (bicyclic) bond motifs is 3. The van der Waals surface area contributed by atoms with Crippen LogP contribution < -0.4 is 9.30 Å². The number of hydrogen-bond donors (Lipinski definition) is 0. The minimum absolute atomic E-state index is 0.344. The SMILES string of the molecule is [2H]c1c2c([n+](C)c3cccc(C(C)C)c13)-c1c(C)ccc3cccc(c13)O2. The van der Waals surface area contributed by atoms with Gasteiger partial charge in [-0.2, -0.15) is 4.57 Å². The van der Waals surface area contributed by atoms with Gasteiger partial charge in [-0.1, -0.05) is 50.2 Å². The van der Waals surface area contributed by atoms with E-state index in [4.69, 9.17) is 6.11 Å². The molecule has 0 amide bonds. The zero-order valence-corrected chi connectivity index (χ0v) is 15.6. The Labute approximate surface area is 155 Å². The highest BCUT2D eigenvalue weighted by atomic mass is 16.5. The molecule has 26 heavy (non-hydrogen) atoms. The van der Waals surface area contributed by atoms with Gasteiger partial charge in [0.2, 0.25) is 5.52 Å². The van der Waals surface area contributed by atoms with Crippen molar-refractivity contribution in [3.05, 3.63) is 65.7 Å². The van der Waals surface area contributed by atoms with Crippen LogP contribution in [0.15, 0.2) is 54.6 Å². The maximum absolute atomic E-state index is 9.01. The van der Waals surface area contributed by atoms with Crippen molar-refractivity contribution in [3.8, 4) is 22.8 Å². The van der Waals surface area contributed by atoms with Crippen LogP contribution in [0.2, 0.25) is 0 Å². The molecule has 0 saturated carbocycles. The molecule has 0 aliphatic carbocycles. The van der Waals surface area contributed by atoms with E-state index in [-0.39, 0.29) is 0 Å². The summed E-state index contributed by atoms with van der Waals surface area (Å²) in [6, 6.07) is 17.3. The standard InChI is InChI=1S/C24H22NO/c1-14(2)17-8-6-9-19-18(17)13-21-24(25(19)4)22-15(3)11-12-16-7-5-10-20(26-21)23(16)22/h5-14H,1-4H3/q+1/i13D. The van der Waals surface area contributed by atoms with Crippen LogP contribution in [-0.2, 0) is 7.05 Å². The molecule has 1 aromatic heterocycles. The molecule has 0 N–H and O–H groups in total. The van der Waals surface area contributed by atoms with Crippen LogP contribution in [0.1, 0.15) is 32.3 Å². The van der Waals surface area contributed by atoms with Crippen molar-refractivity contribution in [2.24, 2.45) is 7.05 Å². The summed E-state index contributed by atoms with van der Waals surface area (Å²) >= 11 is 0. The summed E-state index contributed by atoms with van der Waals surface area (Å²) in [6.07, 6.45) is 0. The Kier molecular flexibility index (Phi) is 2.92. The molecule has 0 radical (unpaired) electrons. The summed E-state index contributed by atoms with van der Waals surface area (Å²) < 4.78 is 17.6. The topological polar surface area (TPSA) is 13.1 Å². The minimum atomic E-state index is 0.344. The highest BCUT2D eigenvalue weighted by Gasteiger charge is 2.31. The molecule has 128 valence electrons. The smallest absolute Gasteiger partial charge is 0.256 e. The van der Waals surface area contributed by atoms with Crippen LogP contribution in [0.25, 0.3) is 32.9 Å². The molecule has 2 heterocycles. The van der Waals surface area contributed by atoms with Crippen molar-refractivity contribution in [1.29, 1.82) is 0 Å².